The van der Waals surface area contributed by atoms with E-state index in [9.17, 15) is 9.18 Å². The minimum atomic E-state index is -0.359. The number of para-hydroxylation sites is 1. The summed E-state index contributed by atoms with van der Waals surface area (Å²) in [5.74, 6) is 0.0576. The number of halogens is 1. The van der Waals surface area contributed by atoms with Crippen LogP contribution < -0.4 is 10.9 Å². The fourth-order valence-corrected chi connectivity index (χ4v) is 4.39. The van der Waals surface area contributed by atoms with E-state index in [1.54, 1.807) is 12.1 Å². The molecule has 1 N–H and O–H groups in total. The van der Waals surface area contributed by atoms with E-state index < -0.39 is 0 Å². The van der Waals surface area contributed by atoms with Crippen LogP contribution in [0.5, 0.6) is 0 Å². The summed E-state index contributed by atoms with van der Waals surface area (Å²) in [7, 11) is 0. The third-order valence-electron chi connectivity index (χ3n) is 4.52. The van der Waals surface area contributed by atoms with Crippen molar-refractivity contribution in [3.8, 4) is 11.4 Å². The Labute approximate surface area is 176 Å². The number of aromatic nitrogens is 3. The van der Waals surface area contributed by atoms with Gasteiger partial charge in [-0.3, -0.25) is 9.36 Å². The van der Waals surface area contributed by atoms with E-state index in [1.807, 2.05) is 34.9 Å². The van der Waals surface area contributed by atoms with Crippen molar-refractivity contribution in [2.24, 2.45) is 0 Å². The van der Waals surface area contributed by atoms with Gasteiger partial charge in [-0.05, 0) is 55.0 Å². The number of hydrogen-bond donors (Lipinski definition) is 1. The SMILES string of the molecule is CCCCNc1nc2c(sc(=S)n2-c2ccccc2)c(=O)n1-c1ccc(F)cc1. The van der Waals surface area contributed by atoms with Crippen LogP contribution in [0, 0.1) is 9.77 Å². The molecule has 0 amide bonds. The number of thiazole rings is 1. The van der Waals surface area contributed by atoms with Gasteiger partial charge in [0.2, 0.25) is 5.95 Å². The average molecular weight is 427 g/mol. The van der Waals surface area contributed by atoms with Crippen LogP contribution in [0.15, 0.2) is 59.4 Å². The zero-order valence-corrected chi connectivity index (χ0v) is 17.4. The first kappa shape index (κ1) is 19.5. The van der Waals surface area contributed by atoms with Gasteiger partial charge in [-0.1, -0.05) is 42.9 Å². The van der Waals surface area contributed by atoms with E-state index in [2.05, 4.69) is 12.2 Å². The fraction of sp³-hybridized carbons (Fsp3) is 0.190. The van der Waals surface area contributed by atoms with Crippen LogP contribution in [-0.2, 0) is 0 Å². The van der Waals surface area contributed by atoms with Crippen molar-refractivity contribution in [1.29, 1.82) is 0 Å². The van der Waals surface area contributed by atoms with E-state index >= 15 is 0 Å². The lowest BCUT2D eigenvalue weighted by Crippen LogP contribution is -2.24. The monoisotopic (exact) mass is 426 g/mol. The number of fused-ring (bicyclic) bond motifs is 1. The summed E-state index contributed by atoms with van der Waals surface area (Å²) in [5, 5.41) is 3.26. The van der Waals surface area contributed by atoms with Crippen molar-refractivity contribution >= 4 is 39.9 Å². The maximum absolute atomic E-state index is 13.4. The zero-order chi connectivity index (χ0) is 20.4. The van der Waals surface area contributed by atoms with Gasteiger partial charge < -0.3 is 5.32 Å². The Hall–Kier alpha value is -2.84. The third kappa shape index (κ3) is 3.73. The van der Waals surface area contributed by atoms with Crippen molar-refractivity contribution in [2.75, 3.05) is 11.9 Å². The fourth-order valence-electron chi connectivity index (χ4n) is 3.08. The van der Waals surface area contributed by atoms with Crippen LogP contribution in [0.3, 0.4) is 0 Å². The number of hydrogen-bond acceptors (Lipinski definition) is 5. The van der Waals surface area contributed by atoms with Gasteiger partial charge in [0.1, 0.15) is 10.5 Å². The highest BCUT2D eigenvalue weighted by Gasteiger charge is 2.18. The van der Waals surface area contributed by atoms with Gasteiger partial charge in [0, 0.05) is 12.2 Å². The van der Waals surface area contributed by atoms with Gasteiger partial charge in [0.05, 0.1) is 5.69 Å². The molecule has 4 rings (SSSR count). The van der Waals surface area contributed by atoms with Gasteiger partial charge in [0.25, 0.3) is 5.56 Å². The van der Waals surface area contributed by atoms with Crippen molar-refractivity contribution in [1.82, 2.24) is 14.1 Å². The summed E-state index contributed by atoms with van der Waals surface area (Å²) in [6.45, 7) is 2.77. The zero-order valence-electron chi connectivity index (χ0n) is 15.8. The first-order valence-corrected chi connectivity index (χ1v) is 10.6. The maximum Gasteiger partial charge on any atom is 0.279 e. The number of nitrogens with zero attached hydrogens (tertiary/aromatic N) is 3. The second-order valence-corrected chi connectivity index (χ2v) is 8.17. The molecule has 2 aromatic carbocycles. The molecule has 0 fully saturated rings. The molecule has 0 radical (unpaired) electrons. The molecule has 0 unspecified atom stereocenters. The van der Waals surface area contributed by atoms with Crippen molar-refractivity contribution in [2.45, 2.75) is 19.8 Å². The highest BCUT2D eigenvalue weighted by Crippen LogP contribution is 2.25. The van der Waals surface area contributed by atoms with Gasteiger partial charge in [-0.25, -0.2) is 8.96 Å². The molecule has 2 heterocycles. The number of nitrogens with one attached hydrogen (secondary N) is 1. The lowest BCUT2D eigenvalue weighted by Gasteiger charge is -2.14. The quantitative estimate of drug-likeness (QED) is 0.335. The van der Waals surface area contributed by atoms with Gasteiger partial charge in [-0.2, -0.15) is 4.98 Å². The molecule has 0 spiro atoms. The smallest absolute Gasteiger partial charge is 0.279 e. The molecule has 0 saturated carbocycles. The predicted octanol–water partition coefficient (Wildman–Crippen LogP) is 5.32. The van der Waals surface area contributed by atoms with Crippen LogP contribution in [0.2, 0.25) is 0 Å². The second-order valence-electron chi connectivity index (χ2n) is 6.52. The largest absolute Gasteiger partial charge is 0.355 e. The van der Waals surface area contributed by atoms with E-state index in [0.717, 1.165) is 18.5 Å². The topological polar surface area (TPSA) is 51.9 Å². The van der Waals surface area contributed by atoms with Crippen molar-refractivity contribution in [3.63, 3.8) is 0 Å². The molecule has 0 bridgehead atoms. The molecule has 4 aromatic rings. The van der Waals surface area contributed by atoms with Crippen LogP contribution in [0.25, 0.3) is 21.7 Å². The molecule has 2 aromatic heterocycles. The van der Waals surface area contributed by atoms with Crippen LogP contribution in [0.4, 0.5) is 10.3 Å². The Bertz CT molecular complexity index is 1260. The summed E-state index contributed by atoms with van der Waals surface area (Å²) in [5.41, 5.74) is 1.70. The Morgan fingerprint density at radius 1 is 1.07 bits per heavy atom. The first-order chi connectivity index (χ1) is 14.1. The van der Waals surface area contributed by atoms with Crippen molar-refractivity contribution in [3.05, 3.63) is 74.7 Å². The molecule has 0 aliphatic rings. The Balaban J connectivity index is 1.99. The van der Waals surface area contributed by atoms with E-state index in [4.69, 9.17) is 17.2 Å². The van der Waals surface area contributed by atoms with Gasteiger partial charge >= 0.3 is 0 Å². The molecule has 148 valence electrons. The van der Waals surface area contributed by atoms with Gasteiger partial charge in [-0.15, -0.1) is 0 Å². The third-order valence-corrected chi connectivity index (χ3v) is 5.87. The maximum atomic E-state index is 13.4. The van der Waals surface area contributed by atoms with E-state index in [1.165, 1.54) is 28.0 Å². The second kappa shape index (κ2) is 8.26. The lowest BCUT2D eigenvalue weighted by molar-refractivity contribution is 0.627. The van der Waals surface area contributed by atoms with Crippen LogP contribution in [-0.4, -0.2) is 20.7 Å². The molecule has 0 aliphatic heterocycles. The molecule has 0 saturated heterocycles. The summed E-state index contributed by atoms with van der Waals surface area (Å²) in [4.78, 5) is 18.2. The molecule has 0 atom stereocenters. The molecule has 8 heteroatoms. The summed E-state index contributed by atoms with van der Waals surface area (Å²) in [6, 6.07) is 15.4. The normalized spacial score (nSPS) is 11.1. The average Bonchev–Trinajstić information content (AvgIpc) is 3.06. The van der Waals surface area contributed by atoms with Crippen molar-refractivity contribution < 1.29 is 4.39 Å². The van der Waals surface area contributed by atoms with Gasteiger partial charge in [0.15, 0.2) is 9.60 Å². The van der Waals surface area contributed by atoms with Crippen LogP contribution in [0.1, 0.15) is 19.8 Å². The van der Waals surface area contributed by atoms with E-state index in [0.29, 0.717) is 32.5 Å². The molecular weight excluding hydrogens is 407 g/mol. The summed E-state index contributed by atoms with van der Waals surface area (Å²) in [6.07, 6.45) is 1.95. The summed E-state index contributed by atoms with van der Waals surface area (Å²) >= 11 is 6.77. The first-order valence-electron chi connectivity index (χ1n) is 9.34. The standard InChI is InChI=1S/C21H19FN4OS2/c1-2-3-13-23-20-24-18-17(19(27)26(20)16-11-9-14(22)10-12-16)29-21(28)25(18)15-7-5-4-6-8-15/h4-12H,2-3,13H2,1H3,(H,23,24). The minimum absolute atomic E-state index is 0.230. The Morgan fingerprint density at radius 3 is 2.45 bits per heavy atom. The number of benzene rings is 2. The lowest BCUT2D eigenvalue weighted by atomic mass is 10.3. The Morgan fingerprint density at radius 2 is 1.76 bits per heavy atom. The summed E-state index contributed by atoms with van der Waals surface area (Å²) < 4.78 is 17.7. The predicted molar refractivity (Wildman–Crippen MR) is 119 cm³/mol. The minimum Gasteiger partial charge on any atom is -0.355 e. The number of unbranched alkanes of at least 4 members (excludes halogenated alkanes) is 1. The molecule has 5 nitrogen and oxygen atoms in total. The van der Waals surface area contributed by atoms with Crippen LogP contribution >= 0.6 is 23.6 Å². The molecular formula is C21H19FN4OS2. The number of anilines is 1. The highest BCUT2D eigenvalue weighted by atomic mass is 32.1. The Kier molecular flexibility index (Phi) is 5.55. The molecule has 0 aliphatic carbocycles. The number of rotatable bonds is 6. The highest BCUT2D eigenvalue weighted by molar-refractivity contribution is 7.73. The molecule has 29 heavy (non-hydrogen) atoms. The van der Waals surface area contributed by atoms with E-state index in [-0.39, 0.29) is 11.4 Å².